The van der Waals surface area contributed by atoms with Gasteiger partial charge in [-0.25, -0.2) is 27.5 Å². The van der Waals surface area contributed by atoms with Crippen molar-refractivity contribution in [3.8, 4) is 5.88 Å². The van der Waals surface area contributed by atoms with E-state index < -0.39 is 45.8 Å². The first kappa shape index (κ1) is 36.9. The van der Waals surface area contributed by atoms with Crippen LogP contribution in [-0.2, 0) is 26.0 Å². The number of anilines is 1. The second-order valence-electron chi connectivity index (χ2n) is 11.9. The summed E-state index contributed by atoms with van der Waals surface area (Å²) in [4.78, 5) is 33.0. The zero-order chi connectivity index (χ0) is 36.0. The Hall–Kier alpha value is -4.40. The van der Waals surface area contributed by atoms with Gasteiger partial charge in [-0.15, -0.1) is 0 Å². The molecule has 0 unspecified atom stereocenters. The van der Waals surface area contributed by atoms with Gasteiger partial charge in [0.05, 0.1) is 30.8 Å². The van der Waals surface area contributed by atoms with Gasteiger partial charge in [-0.3, -0.25) is 4.79 Å². The molecule has 264 valence electrons. The van der Waals surface area contributed by atoms with Crippen molar-refractivity contribution >= 4 is 39.3 Å². The van der Waals surface area contributed by atoms with Crippen molar-refractivity contribution in [3.05, 3.63) is 119 Å². The van der Waals surface area contributed by atoms with E-state index in [4.69, 9.17) is 26.8 Å². The highest BCUT2D eigenvalue weighted by atomic mass is 35.5. The lowest BCUT2D eigenvalue weighted by atomic mass is 9.85. The highest BCUT2D eigenvalue weighted by molar-refractivity contribution is 7.89. The van der Waals surface area contributed by atoms with Crippen LogP contribution in [0.2, 0.25) is 5.02 Å². The van der Waals surface area contributed by atoms with Crippen LogP contribution < -0.4 is 20.7 Å². The third-order valence-corrected chi connectivity index (χ3v) is 11.1. The number of imide groups is 1. The maximum absolute atomic E-state index is 15.8. The number of piperazine rings is 1. The monoisotopic (exact) mass is 723 g/mol. The molecule has 1 aliphatic rings. The van der Waals surface area contributed by atoms with Crippen LogP contribution >= 0.6 is 11.6 Å². The lowest BCUT2D eigenvalue weighted by Gasteiger charge is -2.40. The summed E-state index contributed by atoms with van der Waals surface area (Å²) in [6.45, 7) is 2.57. The summed E-state index contributed by atoms with van der Waals surface area (Å²) in [6, 6.07) is 19.9. The normalized spacial score (nSPS) is 17.8. The van der Waals surface area contributed by atoms with E-state index in [1.165, 1.54) is 35.8 Å². The second kappa shape index (κ2) is 16.1. The number of hydrogen-bond acceptors (Lipinski definition) is 9. The van der Waals surface area contributed by atoms with Crippen LogP contribution in [0.4, 0.5) is 14.9 Å². The molecule has 2 heterocycles. The van der Waals surface area contributed by atoms with Crippen molar-refractivity contribution in [2.75, 3.05) is 32.2 Å². The van der Waals surface area contributed by atoms with Crippen molar-refractivity contribution < 1.29 is 31.9 Å². The molecule has 4 aromatic rings. The van der Waals surface area contributed by atoms with E-state index in [1.54, 1.807) is 66.7 Å². The van der Waals surface area contributed by atoms with Gasteiger partial charge in [0.25, 0.3) is 5.91 Å². The molecule has 0 aliphatic carbocycles. The summed E-state index contributed by atoms with van der Waals surface area (Å²) >= 11 is 6.15. The van der Waals surface area contributed by atoms with E-state index in [-0.39, 0.29) is 35.0 Å². The number of methoxy groups -OCH3 is 2. The van der Waals surface area contributed by atoms with E-state index in [0.29, 0.717) is 35.1 Å². The summed E-state index contributed by atoms with van der Waals surface area (Å²) in [5.74, 6) is -2.00. The Bertz CT molecular complexity index is 1900. The fourth-order valence-electron chi connectivity index (χ4n) is 6.35. The number of rotatable bonds is 11. The standard InChI is InChI=1S/C36H39ClFN5O6S/c1-23-20-40-22-27(43(23)50(46,47)28-8-5-4-6-9-28)17-18-29-30(38)10-7-11-31(29)42(36(45)49-3)35(44)34(39)33(24-12-15-26(37)16-13-24)25-14-19-32(48-2)41-21-25/h4-16,19,21,23,27,33-34,40H,17-18,20,22,39H2,1-3H3/t23-,27+,33+,34+/m1/s1. The van der Waals surface area contributed by atoms with Crippen LogP contribution in [0.3, 0.4) is 0 Å². The fourth-order valence-corrected chi connectivity index (χ4v) is 8.35. The van der Waals surface area contributed by atoms with Crippen LogP contribution in [-0.4, -0.2) is 75.1 Å². The van der Waals surface area contributed by atoms with Gasteiger partial charge in [0, 0.05) is 53.9 Å². The topological polar surface area (TPSA) is 144 Å². The number of nitrogens with two attached hydrogens (primary N) is 1. The van der Waals surface area contributed by atoms with Crippen LogP contribution in [0.15, 0.2) is 96.0 Å². The molecule has 0 bridgehead atoms. The molecule has 0 spiro atoms. The van der Waals surface area contributed by atoms with E-state index in [2.05, 4.69) is 10.3 Å². The van der Waals surface area contributed by atoms with Gasteiger partial charge >= 0.3 is 6.09 Å². The molecule has 0 radical (unpaired) electrons. The largest absolute Gasteiger partial charge is 0.481 e. The van der Waals surface area contributed by atoms with Crippen molar-refractivity contribution in [2.45, 2.75) is 48.7 Å². The van der Waals surface area contributed by atoms with Gasteiger partial charge in [-0.2, -0.15) is 4.31 Å². The number of carbonyl (C=O) groups excluding carboxylic acids is 2. The Morgan fingerprint density at radius 1 is 1.02 bits per heavy atom. The first-order chi connectivity index (χ1) is 24.0. The molecular weight excluding hydrogens is 685 g/mol. The fraction of sp³-hybridized carbons (Fsp3) is 0.306. The number of hydrogen-bond donors (Lipinski definition) is 2. The molecule has 2 amide bonds. The summed E-state index contributed by atoms with van der Waals surface area (Å²) < 4.78 is 55.0. The Morgan fingerprint density at radius 3 is 2.36 bits per heavy atom. The maximum Gasteiger partial charge on any atom is 0.420 e. The lowest BCUT2D eigenvalue weighted by Crippen LogP contribution is -2.58. The molecule has 5 rings (SSSR count). The number of halogens is 2. The SMILES string of the molecule is COC(=O)N(C(=O)[C@@H](N)[C@@H](c1ccc(Cl)cc1)c1ccc(OC)nc1)c1cccc(F)c1CC[C@H]1CNC[C@@H](C)N1S(=O)(=O)c1ccccc1. The van der Waals surface area contributed by atoms with E-state index >= 15 is 4.39 Å². The Morgan fingerprint density at radius 2 is 1.72 bits per heavy atom. The van der Waals surface area contributed by atoms with Gasteiger partial charge < -0.3 is 20.5 Å². The molecule has 3 N–H and O–H groups in total. The molecule has 14 heteroatoms. The summed E-state index contributed by atoms with van der Waals surface area (Å²) in [6.07, 6.45) is 0.620. The first-order valence-electron chi connectivity index (χ1n) is 16.0. The third kappa shape index (κ3) is 7.82. The highest BCUT2D eigenvalue weighted by Crippen LogP contribution is 2.34. The molecule has 4 atom stereocenters. The lowest BCUT2D eigenvalue weighted by molar-refractivity contribution is -0.119. The second-order valence-corrected chi connectivity index (χ2v) is 14.2. The maximum atomic E-state index is 15.8. The van der Waals surface area contributed by atoms with Gasteiger partial charge in [0.1, 0.15) is 5.82 Å². The first-order valence-corrected chi connectivity index (χ1v) is 17.8. The predicted octanol–water partition coefficient (Wildman–Crippen LogP) is 5.13. The molecule has 50 heavy (non-hydrogen) atoms. The average molecular weight is 724 g/mol. The number of sulfonamides is 1. The number of ether oxygens (including phenoxy) is 2. The molecule has 1 aliphatic heterocycles. The number of nitrogens with zero attached hydrogens (tertiary/aromatic N) is 3. The zero-order valence-electron chi connectivity index (χ0n) is 27.8. The Kier molecular flexibility index (Phi) is 11.9. The number of pyridine rings is 1. The Balaban J connectivity index is 1.50. The molecule has 1 saturated heterocycles. The van der Waals surface area contributed by atoms with Crippen molar-refractivity contribution in [3.63, 3.8) is 0 Å². The molecular formula is C36H39ClFN5O6S. The molecule has 1 fully saturated rings. The minimum atomic E-state index is -3.89. The smallest absolute Gasteiger partial charge is 0.420 e. The van der Waals surface area contributed by atoms with E-state index in [0.717, 1.165) is 12.0 Å². The van der Waals surface area contributed by atoms with Gasteiger partial charge in [0.15, 0.2) is 0 Å². The molecule has 0 saturated carbocycles. The minimum absolute atomic E-state index is 0.0130. The molecule has 11 nitrogen and oxygen atoms in total. The Labute approximate surface area is 296 Å². The van der Waals surface area contributed by atoms with Crippen molar-refractivity contribution in [1.82, 2.24) is 14.6 Å². The van der Waals surface area contributed by atoms with Gasteiger partial charge in [0.2, 0.25) is 15.9 Å². The van der Waals surface area contributed by atoms with Crippen LogP contribution in [0.25, 0.3) is 0 Å². The van der Waals surface area contributed by atoms with E-state index in [1.807, 2.05) is 6.92 Å². The van der Waals surface area contributed by atoms with Crippen molar-refractivity contribution in [2.24, 2.45) is 5.73 Å². The number of nitrogens with one attached hydrogen (secondary N) is 1. The minimum Gasteiger partial charge on any atom is -0.481 e. The summed E-state index contributed by atoms with van der Waals surface area (Å²) in [5, 5.41) is 3.74. The van der Waals surface area contributed by atoms with Gasteiger partial charge in [-0.05, 0) is 67.3 Å². The predicted molar refractivity (Wildman–Crippen MR) is 188 cm³/mol. The number of benzene rings is 3. The third-order valence-electron chi connectivity index (χ3n) is 8.77. The summed E-state index contributed by atoms with van der Waals surface area (Å²) in [5.41, 5.74) is 7.85. The van der Waals surface area contributed by atoms with Crippen LogP contribution in [0, 0.1) is 5.82 Å². The molecule has 3 aromatic carbocycles. The number of aromatic nitrogens is 1. The van der Waals surface area contributed by atoms with Crippen LogP contribution in [0.1, 0.15) is 36.0 Å². The summed E-state index contributed by atoms with van der Waals surface area (Å²) in [7, 11) is -1.30. The average Bonchev–Trinajstić information content (AvgIpc) is 3.12. The van der Waals surface area contributed by atoms with Gasteiger partial charge in [-0.1, -0.05) is 54.1 Å². The van der Waals surface area contributed by atoms with E-state index in [9.17, 15) is 18.0 Å². The number of amides is 2. The van der Waals surface area contributed by atoms with Crippen LogP contribution in [0.5, 0.6) is 5.88 Å². The number of carbonyl (C=O) groups is 2. The quantitative estimate of drug-likeness (QED) is 0.215. The molecule has 1 aromatic heterocycles. The highest BCUT2D eigenvalue weighted by Gasteiger charge is 2.39. The van der Waals surface area contributed by atoms with Crippen molar-refractivity contribution in [1.29, 1.82) is 0 Å². The zero-order valence-corrected chi connectivity index (χ0v) is 29.4.